The Morgan fingerprint density at radius 1 is 1.31 bits per heavy atom. The molecule has 0 spiro atoms. The van der Waals surface area contributed by atoms with Gasteiger partial charge in [-0.05, 0) is 30.0 Å². The number of aromatic amines is 1. The van der Waals surface area contributed by atoms with E-state index in [0.717, 1.165) is 17.0 Å². The van der Waals surface area contributed by atoms with Crippen LogP contribution in [0.3, 0.4) is 0 Å². The van der Waals surface area contributed by atoms with Crippen LogP contribution in [-0.4, -0.2) is 39.2 Å². The average molecular weight is 384 g/mol. The molecule has 8 heteroatoms. The third-order valence-corrected chi connectivity index (χ3v) is 5.83. The molecule has 0 radical (unpaired) electrons. The van der Waals surface area contributed by atoms with Crippen molar-refractivity contribution in [2.45, 2.75) is 18.0 Å². The van der Waals surface area contributed by atoms with Gasteiger partial charge in [0.15, 0.2) is 11.6 Å². The minimum Gasteiger partial charge on any atom is -0.312 e. The van der Waals surface area contributed by atoms with Gasteiger partial charge in [-0.2, -0.15) is 0 Å². The lowest BCUT2D eigenvalue weighted by molar-refractivity contribution is -0.117. The highest BCUT2D eigenvalue weighted by molar-refractivity contribution is 7.99. The van der Waals surface area contributed by atoms with Crippen LogP contribution in [0, 0.1) is 0 Å². The molecule has 3 aromatic rings. The van der Waals surface area contributed by atoms with E-state index in [1.807, 2.05) is 29.6 Å². The number of amides is 1. The molecule has 1 saturated heterocycles. The number of thiophene rings is 1. The molecule has 1 N–H and O–H groups in total. The van der Waals surface area contributed by atoms with Crippen molar-refractivity contribution in [3.05, 3.63) is 47.3 Å². The molecule has 0 saturated carbocycles. The summed E-state index contributed by atoms with van der Waals surface area (Å²) in [5.74, 6) is 1.07. The van der Waals surface area contributed by atoms with Gasteiger partial charge in [-0.15, -0.1) is 16.4 Å². The van der Waals surface area contributed by atoms with Crippen LogP contribution in [0.5, 0.6) is 0 Å². The summed E-state index contributed by atoms with van der Waals surface area (Å²) in [6, 6.07) is 11.2. The van der Waals surface area contributed by atoms with Crippen molar-refractivity contribution >= 4 is 40.5 Å². The molecule has 3 heterocycles. The number of benzene rings is 1. The topological polar surface area (TPSA) is 79.0 Å². The van der Waals surface area contributed by atoms with Crippen LogP contribution in [0.25, 0.3) is 10.7 Å². The van der Waals surface area contributed by atoms with Gasteiger partial charge in [0.25, 0.3) is 0 Å². The van der Waals surface area contributed by atoms with Gasteiger partial charge in [-0.25, -0.2) is 4.98 Å². The zero-order valence-electron chi connectivity index (χ0n) is 13.8. The van der Waals surface area contributed by atoms with Crippen molar-refractivity contribution in [1.82, 2.24) is 15.2 Å². The number of carbonyl (C=O) groups excluding carboxylic acids is 2. The lowest BCUT2D eigenvalue weighted by Gasteiger charge is -2.16. The fourth-order valence-electron chi connectivity index (χ4n) is 2.82. The Balaban J connectivity index is 1.41. The highest BCUT2D eigenvalue weighted by Gasteiger charge is 2.22. The first-order valence-electron chi connectivity index (χ1n) is 8.23. The molecule has 1 fully saturated rings. The molecule has 132 valence electrons. The van der Waals surface area contributed by atoms with Gasteiger partial charge < -0.3 is 4.90 Å². The number of H-pyrrole nitrogens is 1. The third kappa shape index (κ3) is 3.56. The second-order valence-electron chi connectivity index (χ2n) is 5.86. The quantitative estimate of drug-likeness (QED) is 0.518. The van der Waals surface area contributed by atoms with Crippen molar-refractivity contribution in [1.29, 1.82) is 0 Å². The van der Waals surface area contributed by atoms with Crippen LogP contribution < -0.4 is 4.90 Å². The SMILES string of the molecule is O=C(CSc1n[nH]c(-c2cccs2)n1)c1cccc(N2CCCC2=O)c1. The zero-order chi connectivity index (χ0) is 17.9. The van der Waals surface area contributed by atoms with E-state index in [4.69, 9.17) is 0 Å². The first kappa shape index (κ1) is 17.0. The van der Waals surface area contributed by atoms with Crippen molar-refractivity contribution in [2.24, 2.45) is 0 Å². The largest absolute Gasteiger partial charge is 0.312 e. The molecule has 1 aliphatic rings. The minimum atomic E-state index is -0.00836. The predicted molar refractivity (Wildman–Crippen MR) is 103 cm³/mol. The van der Waals surface area contributed by atoms with E-state index in [-0.39, 0.29) is 17.4 Å². The van der Waals surface area contributed by atoms with Gasteiger partial charge in [0, 0.05) is 24.2 Å². The number of carbonyl (C=O) groups is 2. The molecule has 26 heavy (non-hydrogen) atoms. The summed E-state index contributed by atoms with van der Waals surface area (Å²) in [6.45, 7) is 0.716. The number of hydrogen-bond donors (Lipinski definition) is 1. The number of hydrogen-bond acceptors (Lipinski definition) is 6. The molecular formula is C18H16N4O2S2. The molecular weight excluding hydrogens is 368 g/mol. The maximum atomic E-state index is 12.5. The number of anilines is 1. The Morgan fingerprint density at radius 2 is 2.23 bits per heavy atom. The summed E-state index contributed by atoms with van der Waals surface area (Å²) in [5, 5.41) is 9.58. The van der Waals surface area contributed by atoms with Gasteiger partial charge in [-0.3, -0.25) is 14.7 Å². The summed E-state index contributed by atoms with van der Waals surface area (Å²) in [6.07, 6.45) is 1.44. The number of thioether (sulfide) groups is 1. The van der Waals surface area contributed by atoms with Crippen molar-refractivity contribution in [3.8, 4) is 10.7 Å². The number of nitrogens with zero attached hydrogens (tertiary/aromatic N) is 3. The molecule has 0 atom stereocenters. The van der Waals surface area contributed by atoms with Crippen LogP contribution in [0.4, 0.5) is 5.69 Å². The second-order valence-corrected chi connectivity index (χ2v) is 7.75. The molecule has 1 amide bonds. The van der Waals surface area contributed by atoms with Crippen LogP contribution in [0.15, 0.2) is 46.9 Å². The average Bonchev–Trinajstić information content (AvgIpc) is 3.40. The third-order valence-electron chi connectivity index (χ3n) is 4.11. The first-order valence-corrected chi connectivity index (χ1v) is 10.1. The predicted octanol–water partition coefficient (Wildman–Crippen LogP) is 3.64. The lowest BCUT2D eigenvalue weighted by atomic mass is 10.1. The van der Waals surface area contributed by atoms with Crippen molar-refractivity contribution in [2.75, 3.05) is 17.2 Å². The van der Waals surface area contributed by atoms with Gasteiger partial charge in [0.2, 0.25) is 11.1 Å². The Labute approximate surface area is 158 Å². The van der Waals surface area contributed by atoms with Gasteiger partial charge in [0.1, 0.15) is 0 Å². The van der Waals surface area contributed by atoms with E-state index in [0.29, 0.717) is 29.5 Å². The monoisotopic (exact) mass is 384 g/mol. The fraction of sp³-hybridized carbons (Fsp3) is 0.222. The molecule has 1 aliphatic heterocycles. The Bertz CT molecular complexity index is 936. The molecule has 0 aliphatic carbocycles. The Kier molecular flexibility index (Phi) is 4.85. The van der Waals surface area contributed by atoms with Crippen molar-refractivity contribution < 1.29 is 9.59 Å². The summed E-state index contributed by atoms with van der Waals surface area (Å²) in [4.78, 5) is 31.6. The number of aromatic nitrogens is 3. The fourth-order valence-corrected chi connectivity index (χ4v) is 4.17. The van der Waals surface area contributed by atoms with Crippen LogP contribution in [0.2, 0.25) is 0 Å². The smallest absolute Gasteiger partial charge is 0.227 e. The minimum absolute atomic E-state index is 0.00836. The van der Waals surface area contributed by atoms with Gasteiger partial charge >= 0.3 is 0 Å². The molecule has 6 nitrogen and oxygen atoms in total. The maximum absolute atomic E-state index is 12.5. The number of ketones is 1. The number of Topliss-reactive ketones (excluding diaryl/α,β-unsaturated/α-hetero) is 1. The summed E-state index contributed by atoms with van der Waals surface area (Å²) < 4.78 is 0. The molecule has 4 rings (SSSR count). The van der Waals surface area contributed by atoms with E-state index in [2.05, 4.69) is 15.2 Å². The molecule has 1 aromatic carbocycles. The van der Waals surface area contributed by atoms with Crippen LogP contribution in [0.1, 0.15) is 23.2 Å². The van der Waals surface area contributed by atoms with Crippen LogP contribution in [-0.2, 0) is 4.79 Å². The first-order chi connectivity index (χ1) is 12.7. The number of rotatable bonds is 6. The van der Waals surface area contributed by atoms with Crippen LogP contribution >= 0.6 is 23.1 Å². The molecule has 2 aromatic heterocycles. The summed E-state index contributed by atoms with van der Waals surface area (Å²) in [7, 11) is 0. The molecule has 0 bridgehead atoms. The number of nitrogens with one attached hydrogen (secondary N) is 1. The van der Waals surface area contributed by atoms with E-state index < -0.39 is 0 Å². The second kappa shape index (κ2) is 7.43. The lowest BCUT2D eigenvalue weighted by Crippen LogP contribution is -2.23. The molecule has 0 unspecified atom stereocenters. The van der Waals surface area contributed by atoms with Crippen molar-refractivity contribution in [3.63, 3.8) is 0 Å². The highest BCUT2D eigenvalue weighted by atomic mass is 32.2. The standard InChI is InChI=1S/C18H16N4O2S2/c23-14(11-26-18-19-17(20-21-18)15-6-3-9-25-15)12-4-1-5-13(10-12)22-8-2-7-16(22)24/h1,3-6,9-10H,2,7-8,11H2,(H,19,20,21). The van der Waals surface area contributed by atoms with E-state index in [1.165, 1.54) is 11.8 Å². The summed E-state index contributed by atoms with van der Waals surface area (Å²) >= 11 is 2.88. The highest BCUT2D eigenvalue weighted by Crippen LogP contribution is 2.25. The summed E-state index contributed by atoms with van der Waals surface area (Å²) in [5.41, 5.74) is 1.39. The Morgan fingerprint density at radius 3 is 3.00 bits per heavy atom. The van der Waals surface area contributed by atoms with Gasteiger partial charge in [-0.1, -0.05) is 30.0 Å². The van der Waals surface area contributed by atoms with E-state index in [9.17, 15) is 9.59 Å². The normalized spacial score (nSPS) is 14.2. The zero-order valence-corrected chi connectivity index (χ0v) is 15.5. The van der Waals surface area contributed by atoms with E-state index >= 15 is 0 Å². The van der Waals surface area contributed by atoms with E-state index in [1.54, 1.807) is 28.4 Å². The maximum Gasteiger partial charge on any atom is 0.227 e. The Hall–Kier alpha value is -2.45. The van der Waals surface area contributed by atoms with Gasteiger partial charge in [0.05, 0.1) is 10.6 Å².